The van der Waals surface area contributed by atoms with Gasteiger partial charge in [-0.15, -0.1) is 0 Å². The quantitative estimate of drug-likeness (QED) is 0.658. The summed E-state index contributed by atoms with van der Waals surface area (Å²) >= 11 is 0. The van der Waals surface area contributed by atoms with Crippen LogP contribution in [0.25, 0.3) is 0 Å². The average Bonchev–Trinajstić information content (AvgIpc) is 3.09. The number of ether oxygens (including phenoxy) is 1. The Labute approximate surface area is 159 Å². The second-order valence-corrected chi connectivity index (χ2v) is 9.10. The van der Waals surface area contributed by atoms with Crippen molar-refractivity contribution in [2.24, 2.45) is 0 Å². The molecule has 0 fully saturated rings. The molecule has 4 nitrogen and oxygen atoms in total. The molecule has 5 rings (SSSR count). The van der Waals surface area contributed by atoms with Crippen molar-refractivity contribution in [2.75, 3.05) is 4.31 Å². The van der Waals surface area contributed by atoms with Crippen molar-refractivity contribution in [3.8, 4) is 5.75 Å². The van der Waals surface area contributed by atoms with Crippen LogP contribution in [-0.4, -0.2) is 8.42 Å². The zero-order valence-electron chi connectivity index (χ0n) is 15.1. The number of rotatable bonds is 2. The highest BCUT2D eigenvalue weighted by atomic mass is 32.2. The van der Waals surface area contributed by atoms with Gasteiger partial charge < -0.3 is 4.74 Å². The minimum Gasteiger partial charge on any atom is -0.480 e. The molecule has 0 saturated heterocycles. The van der Waals surface area contributed by atoms with Crippen LogP contribution in [0.1, 0.15) is 29.7 Å². The molecule has 5 heteroatoms. The van der Waals surface area contributed by atoms with Gasteiger partial charge in [0.25, 0.3) is 10.0 Å². The smallest absolute Gasteiger partial charge is 0.265 e. The molecular weight excluding hydrogens is 358 g/mol. The van der Waals surface area contributed by atoms with Crippen molar-refractivity contribution >= 4 is 15.7 Å². The maximum atomic E-state index is 13.7. The molecule has 2 atom stereocenters. The first-order chi connectivity index (χ1) is 12.9. The van der Waals surface area contributed by atoms with Crippen LogP contribution < -0.4 is 9.04 Å². The summed E-state index contributed by atoms with van der Waals surface area (Å²) in [6.45, 7) is 3.92. The van der Waals surface area contributed by atoms with Crippen molar-refractivity contribution in [1.82, 2.24) is 0 Å². The number of fused-ring (bicyclic) bond motifs is 5. The lowest BCUT2D eigenvalue weighted by Crippen LogP contribution is -2.38. The van der Waals surface area contributed by atoms with Crippen molar-refractivity contribution in [1.29, 1.82) is 0 Å². The van der Waals surface area contributed by atoms with Gasteiger partial charge in [0.1, 0.15) is 11.8 Å². The highest BCUT2D eigenvalue weighted by Gasteiger charge is 2.58. The Kier molecular flexibility index (Phi) is 3.25. The number of para-hydroxylation sites is 2. The van der Waals surface area contributed by atoms with Gasteiger partial charge >= 0.3 is 0 Å². The SMILES string of the molecule is Cc1ccc(S(=O)(=O)N2c3ccccc3[C@]3(C)Oc4ccccc4[C@H]23)cc1. The average molecular weight is 377 g/mol. The Morgan fingerprint density at radius 1 is 0.926 bits per heavy atom. The molecule has 0 bridgehead atoms. The summed E-state index contributed by atoms with van der Waals surface area (Å²) in [4.78, 5) is 0.288. The number of hydrogen-bond donors (Lipinski definition) is 0. The van der Waals surface area contributed by atoms with E-state index in [0.29, 0.717) is 5.69 Å². The summed E-state index contributed by atoms with van der Waals surface area (Å²) in [6.07, 6.45) is 0. The molecule has 136 valence electrons. The standard InChI is InChI=1S/C22H19NO3S/c1-15-11-13-16(14-12-15)27(24,25)23-19-9-5-4-8-18(19)22(2)21(23)17-7-3-6-10-20(17)26-22/h3-14,21H,1-2H3/t21-,22-/m0/s1. The molecule has 0 saturated carbocycles. The van der Waals surface area contributed by atoms with Crippen molar-refractivity contribution < 1.29 is 13.2 Å². The van der Waals surface area contributed by atoms with Crippen LogP contribution in [0.2, 0.25) is 0 Å². The van der Waals surface area contributed by atoms with Gasteiger partial charge in [-0.05, 0) is 38.1 Å². The van der Waals surface area contributed by atoms with Crippen molar-refractivity contribution in [3.05, 3.63) is 89.5 Å². The van der Waals surface area contributed by atoms with Crippen molar-refractivity contribution in [3.63, 3.8) is 0 Å². The molecule has 2 heterocycles. The van der Waals surface area contributed by atoms with Crippen molar-refractivity contribution in [2.45, 2.75) is 30.4 Å². The van der Waals surface area contributed by atoms with Gasteiger partial charge in [0, 0.05) is 11.1 Å². The van der Waals surface area contributed by atoms with Gasteiger partial charge in [-0.2, -0.15) is 0 Å². The fourth-order valence-corrected chi connectivity index (χ4v) is 5.97. The summed E-state index contributed by atoms with van der Waals surface area (Å²) in [5.41, 5.74) is 2.74. The minimum absolute atomic E-state index is 0.288. The van der Waals surface area contributed by atoms with E-state index in [-0.39, 0.29) is 4.90 Å². The van der Waals surface area contributed by atoms with E-state index in [1.807, 2.05) is 74.5 Å². The van der Waals surface area contributed by atoms with Gasteiger partial charge in [0.2, 0.25) is 0 Å². The molecule has 0 unspecified atom stereocenters. The number of anilines is 1. The topological polar surface area (TPSA) is 46.6 Å². The van der Waals surface area contributed by atoms with Crippen LogP contribution in [0.15, 0.2) is 77.7 Å². The monoisotopic (exact) mass is 377 g/mol. The summed E-state index contributed by atoms with van der Waals surface area (Å²) in [6, 6.07) is 21.9. The Morgan fingerprint density at radius 3 is 2.37 bits per heavy atom. The maximum Gasteiger partial charge on any atom is 0.265 e. The summed E-state index contributed by atoms with van der Waals surface area (Å²) in [5.74, 6) is 0.739. The van der Waals surface area contributed by atoms with E-state index in [1.54, 1.807) is 16.4 Å². The fourth-order valence-electron chi connectivity index (χ4n) is 4.25. The lowest BCUT2D eigenvalue weighted by molar-refractivity contribution is 0.101. The van der Waals surface area contributed by atoms with E-state index in [2.05, 4.69) is 0 Å². The second-order valence-electron chi connectivity index (χ2n) is 7.28. The molecule has 0 radical (unpaired) electrons. The van der Waals surface area contributed by atoms with Gasteiger partial charge in [0.05, 0.1) is 10.6 Å². The highest BCUT2D eigenvalue weighted by molar-refractivity contribution is 7.92. The third-order valence-corrected chi connectivity index (χ3v) is 7.34. The third kappa shape index (κ3) is 2.12. The van der Waals surface area contributed by atoms with E-state index in [4.69, 9.17) is 4.74 Å². The number of sulfonamides is 1. The van der Waals surface area contributed by atoms with Gasteiger partial charge in [-0.1, -0.05) is 54.1 Å². The lowest BCUT2D eigenvalue weighted by Gasteiger charge is -2.29. The lowest BCUT2D eigenvalue weighted by atomic mass is 9.90. The van der Waals surface area contributed by atoms with E-state index in [1.165, 1.54) is 0 Å². The summed E-state index contributed by atoms with van der Waals surface area (Å²) in [7, 11) is -3.75. The van der Waals surface area contributed by atoms with Crippen LogP contribution in [-0.2, 0) is 15.6 Å². The van der Waals surface area contributed by atoms with Gasteiger partial charge in [-0.3, -0.25) is 4.31 Å². The Balaban J connectivity index is 1.77. The molecule has 0 aliphatic carbocycles. The molecule has 0 aromatic heterocycles. The molecule has 0 amide bonds. The molecule has 27 heavy (non-hydrogen) atoms. The van der Waals surface area contributed by atoms with E-state index < -0.39 is 21.7 Å². The van der Waals surface area contributed by atoms with Crippen LogP contribution in [0.4, 0.5) is 5.69 Å². The Bertz CT molecular complexity index is 1150. The largest absolute Gasteiger partial charge is 0.480 e. The fraction of sp³-hybridized carbons (Fsp3) is 0.182. The predicted octanol–water partition coefficient (Wildman–Crippen LogP) is 4.55. The van der Waals surface area contributed by atoms with Crippen LogP contribution in [0.3, 0.4) is 0 Å². The Hall–Kier alpha value is -2.79. The molecular formula is C22H19NO3S. The predicted molar refractivity (Wildman–Crippen MR) is 104 cm³/mol. The number of benzene rings is 3. The first-order valence-corrected chi connectivity index (χ1v) is 10.4. The van der Waals surface area contributed by atoms with Gasteiger partial charge in [0.15, 0.2) is 5.60 Å². The maximum absolute atomic E-state index is 13.7. The Morgan fingerprint density at radius 2 is 1.59 bits per heavy atom. The molecule has 0 spiro atoms. The minimum atomic E-state index is -3.75. The number of hydrogen-bond acceptors (Lipinski definition) is 3. The van der Waals surface area contributed by atoms with Crippen LogP contribution in [0.5, 0.6) is 5.75 Å². The van der Waals surface area contributed by atoms with Crippen LogP contribution in [0, 0.1) is 6.92 Å². The number of aryl methyl sites for hydroxylation is 1. The summed E-state index contributed by atoms with van der Waals surface area (Å²) in [5, 5.41) is 0. The van der Waals surface area contributed by atoms with Crippen LogP contribution >= 0.6 is 0 Å². The number of nitrogens with zero attached hydrogens (tertiary/aromatic N) is 1. The first kappa shape index (κ1) is 16.4. The van der Waals surface area contributed by atoms with E-state index >= 15 is 0 Å². The normalized spacial score (nSPS) is 22.7. The highest BCUT2D eigenvalue weighted by Crippen LogP contribution is 2.60. The molecule has 0 N–H and O–H groups in total. The molecule has 3 aromatic carbocycles. The zero-order chi connectivity index (χ0) is 18.8. The first-order valence-electron chi connectivity index (χ1n) is 8.91. The zero-order valence-corrected chi connectivity index (χ0v) is 15.9. The van der Waals surface area contributed by atoms with E-state index in [0.717, 1.165) is 22.4 Å². The third-order valence-electron chi connectivity index (χ3n) is 5.55. The molecule has 2 aliphatic rings. The second kappa shape index (κ2) is 5.36. The van der Waals surface area contributed by atoms with E-state index in [9.17, 15) is 8.42 Å². The summed E-state index contributed by atoms with van der Waals surface area (Å²) < 4.78 is 35.2. The molecule has 2 aliphatic heterocycles. The molecule has 3 aromatic rings. The van der Waals surface area contributed by atoms with Gasteiger partial charge in [-0.25, -0.2) is 8.42 Å².